The lowest BCUT2D eigenvalue weighted by Crippen LogP contribution is -2.28. The van der Waals surface area contributed by atoms with Gasteiger partial charge in [-0.1, -0.05) is 6.92 Å². The Kier molecular flexibility index (Phi) is 5.25. The van der Waals surface area contributed by atoms with Crippen molar-refractivity contribution in [1.29, 1.82) is 0 Å². The van der Waals surface area contributed by atoms with Crippen LogP contribution >= 0.6 is 0 Å². The molecule has 114 valence electrons. The fourth-order valence-corrected chi connectivity index (χ4v) is 2.56. The first-order valence-corrected chi connectivity index (χ1v) is 7.33. The van der Waals surface area contributed by atoms with Crippen LogP contribution in [0.1, 0.15) is 43.9 Å². The summed E-state index contributed by atoms with van der Waals surface area (Å²) in [6.07, 6.45) is 0.559. The number of aryl methyl sites for hydroxylation is 1. The number of rotatable bonds is 6. The van der Waals surface area contributed by atoms with Crippen molar-refractivity contribution in [3.63, 3.8) is 0 Å². The molecule has 1 aliphatic rings. The summed E-state index contributed by atoms with van der Waals surface area (Å²) >= 11 is 0. The molecule has 0 fully saturated rings. The molecule has 0 radical (unpaired) electrons. The zero-order valence-corrected chi connectivity index (χ0v) is 12.7. The molecule has 0 bridgehead atoms. The highest BCUT2D eigenvalue weighted by Gasteiger charge is 2.38. The number of ether oxygens (including phenoxy) is 2. The average molecular weight is 292 g/mol. The van der Waals surface area contributed by atoms with Gasteiger partial charge in [-0.05, 0) is 49.0 Å². The summed E-state index contributed by atoms with van der Waals surface area (Å²) in [5, 5.41) is 10.0. The standard InChI is InChI=1S/C15H21BO5/c1-4-6-20-11-7-10(3)15-12(8-11)16(18)21-13(15)9-14(17)19-5-2/h7-8,13,18H,4-6,9H2,1-3H3. The Morgan fingerprint density at radius 3 is 2.86 bits per heavy atom. The molecule has 1 N–H and O–H groups in total. The van der Waals surface area contributed by atoms with Crippen LogP contribution in [0, 0.1) is 6.92 Å². The maximum absolute atomic E-state index is 11.6. The summed E-state index contributed by atoms with van der Waals surface area (Å²) in [5.74, 6) is 0.390. The highest BCUT2D eigenvalue weighted by atomic mass is 16.5. The summed E-state index contributed by atoms with van der Waals surface area (Å²) in [5.41, 5.74) is 2.49. The Morgan fingerprint density at radius 2 is 2.19 bits per heavy atom. The van der Waals surface area contributed by atoms with Crippen LogP contribution in [0.4, 0.5) is 0 Å². The van der Waals surface area contributed by atoms with Crippen LogP contribution in [0.3, 0.4) is 0 Å². The first-order valence-electron chi connectivity index (χ1n) is 7.33. The minimum absolute atomic E-state index is 0.105. The Bertz CT molecular complexity index is 517. The molecular weight excluding hydrogens is 271 g/mol. The molecule has 2 rings (SSSR count). The second kappa shape index (κ2) is 6.96. The molecule has 0 saturated carbocycles. The molecule has 5 nitrogen and oxygen atoms in total. The van der Waals surface area contributed by atoms with Crippen molar-refractivity contribution in [2.45, 2.75) is 39.7 Å². The molecule has 0 amide bonds. The third kappa shape index (κ3) is 3.57. The molecule has 21 heavy (non-hydrogen) atoms. The van der Waals surface area contributed by atoms with Gasteiger partial charge in [0.05, 0.1) is 25.7 Å². The third-order valence-corrected chi connectivity index (χ3v) is 3.40. The first-order chi connectivity index (χ1) is 10.1. The summed E-state index contributed by atoms with van der Waals surface area (Å²) in [6.45, 7) is 6.69. The van der Waals surface area contributed by atoms with Crippen LogP contribution < -0.4 is 10.2 Å². The number of carbonyl (C=O) groups is 1. The van der Waals surface area contributed by atoms with Gasteiger partial charge in [0, 0.05) is 0 Å². The van der Waals surface area contributed by atoms with Gasteiger partial charge in [0.15, 0.2) is 0 Å². The Labute approximate surface area is 125 Å². The molecule has 1 atom stereocenters. The summed E-state index contributed by atoms with van der Waals surface area (Å²) < 4.78 is 16.0. The van der Waals surface area contributed by atoms with Crippen LogP contribution in [-0.2, 0) is 14.2 Å². The molecule has 6 heteroatoms. The van der Waals surface area contributed by atoms with Gasteiger partial charge >= 0.3 is 13.1 Å². The van der Waals surface area contributed by atoms with Gasteiger partial charge in [0.2, 0.25) is 0 Å². The first kappa shape index (κ1) is 15.9. The van der Waals surface area contributed by atoms with E-state index in [4.69, 9.17) is 14.1 Å². The van der Waals surface area contributed by atoms with Gasteiger partial charge in [-0.25, -0.2) is 0 Å². The van der Waals surface area contributed by atoms with Crippen LogP contribution in [0.25, 0.3) is 0 Å². The molecule has 1 aromatic rings. The predicted molar refractivity (Wildman–Crippen MR) is 79.6 cm³/mol. The second-order valence-corrected chi connectivity index (χ2v) is 5.08. The third-order valence-electron chi connectivity index (χ3n) is 3.40. The van der Waals surface area contributed by atoms with E-state index in [-0.39, 0.29) is 12.4 Å². The monoisotopic (exact) mass is 292 g/mol. The van der Waals surface area contributed by atoms with Gasteiger partial charge in [-0.2, -0.15) is 0 Å². The van der Waals surface area contributed by atoms with Crippen molar-refractivity contribution in [2.75, 3.05) is 13.2 Å². The summed E-state index contributed by atoms with van der Waals surface area (Å²) in [4.78, 5) is 11.6. The van der Waals surface area contributed by atoms with Crippen LogP contribution in [0.5, 0.6) is 5.75 Å². The van der Waals surface area contributed by atoms with Gasteiger partial charge < -0.3 is 19.2 Å². The Morgan fingerprint density at radius 1 is 1.43 bits per heavy atom. The molecule has 1 heterocycles. The van der Waals surface area contributed by atoms with Crippen LogP contribution in [0.2, 0.25) is 0 Å². The predicted octanol–water partition coefficient (Wildman–Crippen LogP) is 1.50. The Hall–Kier alpha value is -1.53. The van der Waals surface area contributed by atoms with Crippen molar-refractivity contribution in [3.05, 3.63) is 23.3 Å². The molecule has 1 unspecified atom stereocenters. The van der Waals surface area contributed by atoms with Crippen LogP contribution in [-0.4, -0.2) is 31.3 Å². The molecule has 0 spiro atoms. The molecule has 0 saturated heterocycles. The lowest BCUT2D eigenvalue weighted by molar-refractivity contribution is -0.145. The Balaban J connectivity index is 2.22. The highest BCUT2D eigenvalue weighted by Crippen LogP contribution is 2.32. The van der Waals surface area contributed by atoms with Crippen molar-refractivity contribution >= 4 is 18.6 Å². The number of hydrogen-bond acceptors (Lipinski definition) is 5. The molecule has 1 aliphatic heterocycles. The van der Waals surface area contributed by atoms with E-state index in [2.05, 4.69) is 0 Å². The zero-order chi connectivity index (χ0) is 15.4. The summed E-state index contributed by atoms with van der Waals surface area (Å²) in [6, 6.07) is 3.70. The number of fused-ring (bicyclic) bond motifs is 1. The van der Waals surface area contributed by atoms with E-state index in [0.717, 1.165) is 17.5 Å². The lowest BCUT2D eigenvalue weighted by atomic mass is 9.77. The van der Waals surface area contributed by atoms with E-state index in [1.807, 2.05) is 19.9 Å². The molecule has 1 aromatic carbocycles. The average Bonchev–Trinajstić information content (AvgIpc) is 2.73. The minimum atomic E-state index is -1.02. The van der Waals surface area contributed by atoms with Crippen molar-refractivity contribution < 1.29 is 23.9 Å². The number of esters is 1. The van der Waals surface area contributed by atoms with Gasteiger partial charge in [-0.15, -0.1) is 0 Å². The topological polar surface area (TPSA) is 65.0 Å². The molecule has 0 aromatic heterocycles. The van der Waals surface area contributed by atoms with E-state index < -0.39 is 13.2 Å². The van der Waals surface area contributed by atoms with Crippen molar-refractivity contribution in [3.8, 4) is 5.75 Å². The van der Waals surface area contributed by atoms with E-state index in [9.17, 15) is 9.82 Å². The lowest BCUT2D eigenvalue weighted by Gasteiger charge is -2.14. The maximum Gasteiger partial charge on any atom is 0.492 e. The number of hydrogen-bond donors (Lipinski definition) is 1. The van der Waals surface area contributed by atoms with E-state index >= 15 is 0 Å². The van der Waals surface area contributed by atoms with E-state index in [1.54, 1.807) is 13.0 Å². The number of benzene rings is 1. The van der Waals surface area contributed by atoms with Gasteiger partial charge in [0.1, 0.15) is 5.75 Å². The number of carbonyl (C=O) groups excluding carboxylic acids is 1. The maximum atomic E-state index is 11.6. The summed E-state index contributed by atoms with van der Waals surface area (Å²) in [7, 11) is -1.02. The normalized spacial score (nSPS) is 16.8. The zero-order valence-electron chi connectivity index (χ0n) is 12.7. The quantitative estimate of drug-likeness (QED) is 0.636. The second-order valence-electron chi connectivity index (χ2n) is 5.08. The highest BCUT2D eigenvalue weighted by molar-refractivity contribution is 6.62. The van der Waals surface area contributed by atoms with Crippen LogP contribution in [0.15, 0.2) is 12.1 Å². The van der Waals surface area contributed by atoms with E-state index in [1.165, 1.54) is 0 Å². The van der Waals surface area contributed by atoms with Gasteiger partial charge in [-0.3, -0.25) is 4.79 Å². The minimum Gasteiger partial charge on any atom is -0.494 e. The van der Waals surface area contributed by atoms with E-state index in [0.29, 0.717) is 24.4 Å². The van der Waals surface area contributed by atoms with Crippen molar-refractivity contribution in [1.82, 2.24) is 0 Å². The van der Waals surface area contributed by atoms with Gasteiger partial charge in [0.25, 0.3) is 0 Å². The SMILES string of the molecule is CCCOc1cc(C)c2c(c1)B(O)OC2CC(=O)OCC. The largest absolute Gasteiger partial charge is 0.494 e. The smallest absolute Gasteiger partial charge is 0.492 e. The molecule has 0 aliphatic carbocycles. The van der Waals surface area contributed by atoms with Crippen molar-refractivity contribution in [2.24, 2.45) is 0 Å². The molecular formula is C15H21BO5. The fraction of sp³-hybridized carbons (Fsp3) is 0.533. The fourth-order valence-electron chi connectivity index (χ4n) is 2.56.